The minimum atomic E-state index is -0.105. The lowest BCUT2D eigenvalue weighted by molar-refractivity contribution is 0.0929. The van der Waals surface area contributed by atoms with E-state index in [1.54, 1.807) is 4.57 Å². The van der Waals surface area contributed by atoms with Crippen molar-refractivity contribution in [1.29, 1.82) is 0 Å². The molecule has 0 spiro atoms. The van der Waals surface area contributed by atoms with Gasteiger partial charge in [-0.1, -0.05) is 37.3 Å². The Balaban J connectivity index is 1.98. The Kier molecular flexibility index (Phi) is 5.66. The first-order valence-corrected chi connectivity index (χ1v) is 10.00. The minimum absolute atomic E-state index is 0.0211. The zero-order valence-corrected chi connectivity index (χ0v) is 17.1. The van der Waals surface area contributed by atoms with E-state index >= 15 is 0 Å². The predicted octanol–water partition coefficient (Wildman–Crippen LogP) is 4.52. The summed E-state index contributed by atoms with van der Waals surface area (Å²) < 4.78 is 2.17. The predicted molar refractivity (Wildman–Crippen MR) is 108 cm³/mol. The number of amides is 1. The van der Waals surface area contributed by atoms with E-state index in [1.807, 2.05) is 39.0 Å². The number of nitrogens with zero attached hydrogens (tertiary/aromatic N) is 1. The summed E-state index contributed by atoms with van der Waals surface area (Å²) in [5, 5.41) is 3.23. The van der Waals surface area contributed by atoms with Crippen molar-refractivity contribution in [3.63, 3.8) is 0 Å². The molecular formula is C21H25BrN2O2. The van der Waals surface area contributed by atoms with Gasteiger partial charge in [0.25, 0.3) is 11.5 Å². The third-order valence-electron chi connectivity index (χ3n) is 5.12. The summed E-state index contributed by atoms with van der Waals surface area (Å²) in [6, 6.07) is 10.2. The zero-order valence-electron chi connectivity index (χ0n) is 15.5. The summed E-state index contributed by atoms with van der Waals surface area (Å²) in [4.78, 5) is 25.7. The van der Waals surface area contributed by atoms with E-state index in [1.165, 1.54) is 0 Å². The lowest BCUT2D eigenvalue weighted by Gasteiger charge is -2.22. The van der Waals surface area contributed by atoms with Gasteiger partial charge in [-0.05, 0) is 66.1 Å². The second kappa shape index (κ2) is 7.78. The molecule has 1 saturated carbocycles. The van der Waals surface area contributed by atoms with Gasteiger partial charge in [0.15, 0.2) is 0 Å². The number of hydrogen-bond acceptors (Lipinski definition) is 2. The van der Waals surface area contributed by atoms with Crippen molar-refractivity contribution in [1.82, 2.24) is 9.88 Å². The van der Waals surface area contributed by atoms with Crippen LogP contribution >= 0.6 is 15.9 Å². The number of hydrogen-bond donors (Lipinski definition) is 1. The molecule has 0 radical (unpaired) electrons. The first-order chi connectivity index (χ1) is 12.5. The van der Waals surface area contributed by atoms with Gasteiger partial charge in [-0.15, -0.1) is 0 Å². The quantitative estimate of drug-likeness (QED) is 0.752. The molecule has 5 heteroatoms. The van der Waals surface area contributed by atoms with Crippen LogP contribution in [0.2, 0.25) is 0 Å². The van der Waals surface area contributed by atoms with Crippen LogP contribution in [0.1, 0.15) is 59.4 Å². The molecule has 0 bridgehead atoms. The Labute approximate surface area is 162 Å². The molecule has 1 amide bonds. The average molecular weight is 417 g/mol. The summed E-state index contributed by atoms with van der Waals surface area (Å²) in [5.41, 5.74) is 3.11. The molecule has 1 atom stereocenters. The number of halogens is 1. The van der Waals surface area contributed by atoms with Crippen LogP contribution in [0, 0.1) is 19.8 Å². The fourth-order valence-corrected chi connectivity index (χ4v) is 3.96. The van der Waals surface area contributed by atoms with Crippen LogP contribution in [0.4, 0.5) is 0 Å². The zero-order chi connectivity index (χ0) is 18.8. The number of carbonyl (C=O) groups excluding carboxylic acids is 1. The van der Waals surface area contributed by atoms with Gasteiger partial charge in [-0.2, -0.15) is 0 Å². The fraction of sp³-hybridized carbons (Fsp3) is 0.429. The van der Waals surface area contributed by atoms with Gasteiger partial charge in [0, 0.05) is 12.2 Å². The Bertz CT molecular complexity index is 870. The van der Waals surface area contributed by atoms with Gasteiger partial charge in [-0.25, -0.2) is 0 Å². The number of aromatic nitrogens is 1. The van der Waals surface area contributed by atoms with Crippen LogP contribution in [0.25, 0.3) is 0 Å². The van der Waals surface area contributed by atoms with E-state index in [4.69, 9.17) is 0 Å². The Hall–Kier alpha value is -1.88. The highest BCUT2D eigenvalue weighted by molar-refractivity contribution is 9.10. The number of carbonyl (C=O) groups is 1. The Morgan fingerprint density at radius 1 is 1.27 bits per heavy atom. The molecule has 0 saturated heterocycles. The number of nitrogens with one attached hydrogen (secondary N) is 1. The summed E-state index contributed by atoms with van der Waals surface area (Å²) in [7, 11) is 0. The summed E-state index contributed by atoms with van der Waals surface area (Å²) in [6.07, 6.45) is 3.11. The van der Waals surface area contributed by atoms with Crippen molar-refractivity contribution in [2.75, 3.05) is 0 Å². The third kappa shape index (κ3) is 3.63. The molecule has 1 N–H and O–H groups in total. The normalized spacial score (nSPS) is 14.9. The molecule has 3 rings (SSSR count). The number of benzene rings is 1. The fourth-order valence-electron chi connectivity index (χ4n) is 3.55. The van der Waals surface area contributed by atoms with E-state index < -0.39 is 0 Å². The smallest absolute Gasteiger partial charge is 0.265 e. The van der Waals surface area contributed by atoms with E-state index in [0.717, 1.165) is 30.5 Å². The largest absolute Gasteiger partial charge is 0.345 e. The van der Waals surface area contributed by atoms with Crippen molar-refractivity contribution < 1.29 is 4.79 Å². The van der Waals surface area contributed by atoms with Gasteiger partial charge < -0.3 is 9.88 Å². The maximum absolute atomic E-state index is 13.2. The van der Waals surface area contributed by atoms with Gasteiger partial charge >= 0.3 is 0 Å². The van der Waals surface area contributed by atoms with Crippen molar-refractivity contribution >= 4 is 21.8 Å². The maximum atomic E-state index is 13.2. The molecule has 1 unspecified atom stereocenters. The van der Waals surface area contributed by atoms with Gasteiger partial charge in [0.05, 0.1) is 16.1 Å². The lowest BCUT2D eigenvalue weighted by atomic mass is 10.0. The van der Waals surface area contributed by atoms with Crippen LogP contribution in [0.15, 0.2) is 39.6 Å². The monoisotopic (exact) mass is 416 g/mol. The molecule has 1 aromatic heterocycles. The molecule has 4 nitrogen and oxygen atoms in total. The average Bonchev–Trinajstić information content (AvgIpc) is 3.47. The second-order valence-electron chi connectivity index (χ2n) is 7.06. The molecule has 1 aliphatic carbocycles. The highest BCUT2D eigenvalue weighted by atomic mass is 79.9. The van der Waals surface area contributed by atoms with Crippen LogP contribution in [0.3, 0.4) is 0 Å². The van der Waals surface area contributed by atoms with E-state index in [-0.39, 0.29) is 17.5 Å². The number of pyridine rings is 1. The van der Waals surface area contributed by atoms with Crippen LogP contribution < -0.4 is 10.9 Å². The van der Waals surface area contributed by atoms with Gasteiger partial charge in [0.2, 0.25) is 0 Å². The SMILES string of the molecule is CCCn1c(C)c(C(=O)NC(c2ccccc2)C2CC2)c(C)c(Br)c1=O. The number of rotatable bonds is 6. The van der Waals surface area contributed by atoms with Gasteiger partial charge in [0.1, 0.15) is 0 Å². The molecule has 1 aromatic carbocycles. The molecule has 26 heavy (non-hydrogen) atoms. The highest BCUT2D eigenvalue weighted by Crippen LogP contribution is 2.41. The highest BCUT2D eigenvalue weighted by Gasteiger charge is 2.34. The summed E-state index contributed by atoms with van der Waals surface area (Å²) in [5.74, 6) is 0.387. The topological polar surface area (TPSA) is 51.1 Å². The van der Waals surface area contributed by atoms with Crippen LogP contribution in [0.5, 0.6) is 0 Å². The first-order valence-electron chi connectivity index (χ1n) is 9.21. The van der Waals surface area contributed by atoms with Crippen LogP contribution in [-0.2, 0) is 6.54 Å². The van der Waals surface area contributed by atoms with E-state index in [2.05, 4.69) is 33.4 Å². The van der Waals surface area contributed by atoms with Gasteiger partial charge in [-0.3, -0.25) is 9.59 Å². The third-order valence-corrected chi connectivity index (χ3v) is 6.05. The lowest BCUT2D eigenvalue weighted by Crippen LogP contribution is -2.34. The van der Waals surface area contributed by atoms with Crippen molar-refractivity contribution in [3.8, 4) is 0 Å². The standard InChI is InChI=1S/C21H25BrN2O2/c1-4-12-24-14(3)17(13(2)18(22)21(24)26)20(25)23-19(16-10-11-16)15-8-6-5-7-9-15/h5-9,16,19H,4,10-12H2,1-3H3,(H,23,25). The van der Waals surface area contributed by atoms with E-state index in [0.29, 0.717) is 28.1 Å². The van der Waals surface area contributed by atoms with E-state index in [9.17, 15) is 9.59 Å². The Morgan fingerprint density at radius 3 is 2.50 bits per heavy atom. The van der Waals surface area contributed by atoms with Crippen molar-refractivity contribution in [3.05, 3.63) is 67.5 Å². The molecule has 0 aliphatic heterocycles. The molecule has 2 aromatic rings. The summed E-state index contributed by atoms with van der Waals surface area (Å²) in [6.45, 7) is 6.32. The summed E-state index contributed by atoms with van der Waals surface area (Å²) >= 11 is 3.39. The molecule has 138 valence electrons. The van der Waals surface area contributed by atoms with Crippen molar-refractivity contribution in [2.24, 2.45) is 5.92 Å². The first kappa shape index (κ1) is 18.9. The maximum Gasteiger partial charge on any atom is 0.265 e. The van der Waals surface area contributed by atoms with Crippen LogP contribution in [-0.4, -0.2) is 10.5 Å². The van der Waals surface area contributed by atoms with Crippen molar-refractivity contribution in [2.45, 2.75) is 52.6 Å². The minimum Gasteiger partial charge on any atom is -0.345 e. The molecular weight excluding hydrogens is 392 g/mol. The second-order valence-corrected chi connectivity index (χ2v) is 7.85. The Morgan fingerprint density at radius 2 is 1.92 bits per heavy atom. The molecule has 1 heterocycles. The molecule has 1 aliphatic rings. The molecule has 1 fully saturated rings.